The van der Waals surface area contributed by atoms with Gasteiger partial charge in [-0.1, -0.05) is 0 Å². The number of rotatable bonds is 6. The van der Waals surface area contributed by atoms with E-state index in [0.717, 1.165) is 6.07 Å². The maximum absolute atomic E-state index is 13.2. The van der Waals surface area contributed by atoms with Crippen molar-refractivity contribution in [2.24, 2.45) is 0 Å². The second-order valence-corrected chi connectivity index (χ2v) is 3.84. The molecule has 1 aromatic carbocycles. The van der Waals surface area contributed by atoms with Gasteiger partial charge in [-0.15, -0.1) is 0 Å². The number of aromatic carboxylic acids is 1. The third-order valence-electron chi connectivity index (χ3n) is 2.44. The van der Waals surface area contributed by atoms with Gasteiger partial charge in [0, 0.05) is 13.2 Å². The van der Waals surface area contributed by atoms with E-state index in [1.165, 1.54) is 6.07 Å². The summed E-state index contributed by atoms with van der Waals surface area (Å²) >= 11 is 0. The molecule has 0 aliphatic carbocycles. The number of carboxylic acid groups (broad SMARTS) is 1. The fraction of sp³-hybridized carbons (Fsp3) is 0.417. The van der Waals surface area contributed by atoms with Crippen molar-refractivity contribution in [3.8, 4) is 0 Å². The Bertz CT molecular complexity index is 438. The van der Waals surface area contributed by atoms with Crippen LogP contribution in [0.15, 0.2) is 12.1 Å². The zero-order valence-corrected chi connectivity index (χ0v) is 10.4. The van der Waals surface area contributed by atoms with Crippen molar-refractivity contribution >= 4 is 17.3 Å². The minimum absolute atomic E-state index is 0.0806. The van der Waals surface area contributed by atoms with E-state index in [2.05, 4.69) is 5.32 Å². The lowest BCUT2D eigenvalue weighted by molar-refractivity contribution is 0.0697. The Kier molecular flexibility index (Phi) is 4.91. The van der Waals surface area contributed by atoms with E-state index in [-0.39, 0.29) is 23.0 Å². The molecule has 5 nitrogen and oxygen atoms in total. The summed E-state index contributed by atoms with van der Waals surface area (Å²) in [5, 5.41) is 11.9. The highest BCUT2D eigenvalue weighted by atomic mass is 19.1. The molecular formula is C12H17FN2O3. The van der Waals surface area contributed by atoms with Crippen LogP contribution in [0.1, 0.15) is 24.2 Å². The zero-order chi connectivity index (χ0) is 13.7. The predicted octanol–water partition coefficient (Wildman–Crippen LogP) is 1.94. The molecule has 0 fully saturated rings. The molecule has 0 aliphatic heterocycles. The summed E-state index contributed by atoms with van der Waals surface area (Å²) < 4.78 is 18.5. The molecule has 0 radical (unpaired) electrons. The SMILES string of the molecule is CCOC(C)CNc1ccc(F)c(N)c1C(=O)O. The number of carboxylic acids is 1. The molecular weight excluding hydrogens is 239 g/mol. The summed E-state index contributed by atoms with van der Waals surface area (Å²) in [5.41, 5.74) is 5.09. The van der Waals surface area contributed by atoms with Gasteiger partial charge in [0.25, 0.3) is 0 Å². The number of nitrogens with one attached hydrogen (secondary N) is 1. The van der Waals surface area contributed by atoms with Gasteiger partial charge >= 0.3 is 5.97 Å². The number of benzene rings is 1. The van der Waals surface area contributed by atoms with E-state index in [0.29, 0.717) is 13.2 Å². The van der Waals surface area contributed by atoms with Crippen LogP contribution in [0.25, 0.3) is 0 Å². The highest BCUT2D eigenvalue weighted by Gasteiger charge is 2.17. The van der Waals surface area contributed by atoms with Crippen LogP contribution in [-0.4, -0.2) is 30.3 Å². The molecule has 4 N–H and O–H groups in total. The number of anilines is 2. The number of nitrogens with two attached hydrogens (primary N) is 1. The van der Waals surface area contributed by atoms with Gasteiger partial charge in [0.15, 0.2) is 0 Å². The molecule has 0 aromatic heterocycles. The molecule has 1 unspecified atom stereocenters. The lowest BCUT2D eigenvalue weighted by atomic mass is 10.1. The topological polar surface area (TPSA) is 84.6 Å². The first-order valence-electron chi connectivity index (χ1n) is 5.64. The minimum atomic E-state index is -1.27. The zero-order valence-electron chi connectivity index (χ0n) is 10.4. The molecule has 100 valence electrons. The summed E-state index contributed by atoms with van der Waals surface area (Å²) in [7, 11) is 0. The first-order chi connectivity index (χ1) is 8.47. The van der Waals surface area contributed by atoms with Crippen molar-refractivity contribution in [1.82, 2.24) is 0 Å². The monoisotopic (exact) mass is 256 g/mol. The van der Waals surface area contributed by atoms with E-state index in [4.69, 9.17) is 15.6 Å². The van der Waals surface area contributed by atoms with Crippen LogP contribution in [0, 0.1) is 5.82 Å². The number of nitrogen functional groups attached to an aromatic ring is 1. The van der Waals surface area contributed by atoms with Gasteiger partial charge < -0.3 is 20.9 Å². The van der Waals surface area contributed by atoms with Crippen LogP contribution in [0.5, 0.6) is 0 Å². The second-order valence-electron chi connectivity index (χ2n) is 3.84. The molecule has 1 aromatic rings. The summed E-state index contributed by atoms with van der Waals surface area (Å²) in [6.45, 7) is 4.71. The number of halogens is 1. The van der Waals surface area contributed by atoms with Crippen molar-refractivity contribution in [2.75, 3.05) is 24.2 Å². The van der Waals surface area contributed by atoms with Crippen molar-refractivity contribution in [1.29, 1.82) is 0 Å². The third kappa shape index (κ3) is 3.33. The Hall–Kier alpha value is -1.82. The molecule has 0 aliphatic rings. The fourth-order valence-corrected chi connectivity index (χ4v) is 1.57. The number of hydrogen-bond donors (Lipinski definition) is 3. The quantitative estimate of drug-likeness (QED) is 0.677. The largest absolute Gasteiger partial charge is 0.478 e. The molecule has 18 heavy (non-hydrogen) atoms. The second kappa shape index (κ2) is 6.20. The van der Waals surface area contributed by atoms with Gasteiger partial charge in [0.1, 0.15) is 11.4 Å². The van der Waals surface area contributed by atoms with Gasteiger partial charge in [0.05, 0.1) is 17.5 Å². The van der Waals surface area contributed by atoms with E-state index in [9.17, 15) is 9.18 Å². The number of carbonyl (C=O) groups is 1. The maximum Gasteiger partial charge on any atom is 0.340 e. The van der Waals surface area contributed by atoms with E-state index < -0.39 is 11.8 Å². The molecule has 0 heterocycles. The standard InChI is InChI=1S/C12H17FN2O3/c1-3-18-7(2)6-15-9-5-4-8(13)11(14)10(9)12(16)17/h4-5,7,15H,3,6,14H2,1-2H3,(H,16,17). The van der Waals surface area contributed by atoms with Crippen LogP contribution in [0.3, 0.4) is 0 Å². The van der Waals surface area contributed by atoms with E-state index in [1.807, 2.05) is 13.8 Å². The Morgan fingerprint density at radius 3 is 2.83 bits per heavy atom. The highest BCUT2D eigenvalue weighted by molar-refractivity contribution is 6.00. The van der Waals surface area contributed by atoms with Crippen LogP contribution in [0.4, 0.5) is 15.8 Å². The van der Waals surface area contributed by atoms with Crippen molar-refractivity contribution in [2.45, 2.75) is 20.0 Å². The lowest BCUT2D eigenvalue weighted by Crippen LogP contribution is -2.21. The number of ether oxygens (including phenoxy) is 1. The highest BCUT2D eigenvalue weighted by Crippen LogP contribution is 2.25. The molecule has 0 saturated carbocycles. The van der Waals surface area contributed by atoms with Crippen LogP contribution >= 0.6 is 0 Å². The van der Waals surface area contributed by atoms with Crippen molar-refractivity contribution in [3.05, 3.63) is 23.5 Å². The van der Waals surface area contributed by atoms with E-state index in [1.54, 1.807) is 0 Å². The molecule has 6 heteroatoms. The first-order valence-corrected chi connectivity index (χ1v) is 5.64. The molecule has 1 atom stereocenters. The number of hydrogen-bond acceptors (Lipinski definition) is 4. The Labute approximate surface area is 105 Å². The Morgan fingerprint density at radius 2 is 2.28 bits per heavy atom. The lowest BCUT2D eigenvalue weighted by Gasteiger charge is -2.16. The smallest absolute Gasteiger partial charge is 0.340 e. The van der Waals surface area contributed by atoms with Crippen LogP contribution in [0.2, 0.25) is 0 Å². The summed E-state index contributed by atoms with van der Waals surface area (Å²) in [4.78, 5) is 11.0. The van der Waals surface area contributed by atoms with Crippen molar-refractivity contribution < 1.29 is 19.0 Å². The average molecular weight is 256 g/mol. The average Bonchev–Trinajstić information content (AvgIpc) is 2.30. The van der Waals surface area contributed by atoms with Gasteiger partial charge in [-0.05, 0) is 26.0 Å². The normalized spacial score (nSPS) is 12.2. The van der Waals surface area contributed by atoms with Gasteiger partial charge in [-0.2, -0.15) is 0 Å². The molecule has 1 rings (SSSR count). The van der Waals surface area contributed by atoms with E-state index >= 15 is 0 Å². The van der Waals surface area contributed by atoms with Gasteiger partial charge in [0.2, 0.25) is 0 Å². The van der Waals surface area contributed by atoms with Gasteiger partial charge in [-0.3, -0.25) is 0 Å². The van der Waals surface area contributed by atoms with Gasteiger partial charge in [-0.25, -0.2) is 9.18 Å². The Morgan fingerprint density at radius 1 is 1.61 bits per heavy atom. The summed E-state index contributed by atoms with van der Waals surface area (Å²) in [6, 6.07) is 2.49. The maximum atomic E-state index is 13.2. The predicted molar refractivity (Wildman–Crippen MR) is 67.3 cm³/mol. The molecule has 0 saturated heterocycles. The van der Waals surface area contributed by atoms with Crippen LogP contribution < -0.4 is 11.1 Å². The fourth-order valence-electron chi connectivity index (χ4n) is 1.57. The third-order valence-corrected chi connectivity index (χ3v) is 2.44. The van der Waals surface area contributed by atoms with Crippen LogP contribution in [-0.2, 0) is 4.74 Å². The first kappa shape index (κ1) is 14.2. The van der Waals surface area contributed by atoms with Crippen molar-refractivity contribution in [3.63, 3.8) is 0 Å². The minimum Gasteiger partial charge on any atom is -0.478 e. The molecule has 0 spiro atoms. The summed E-state index contributed by atoms with van der Waals surface area (Å²) in [6.07, 6.45) is -0.0806. The Balaban J connectivity index is 2.89. The molecule has 0 bridgehead atoms. The molecule has 0 amide bonds. The summed E-state index contributed by atoms with van der Waals surface area (Å²) in [5.74, 6) is -2.01.